The van der Waals surface area contributed by atoms with Crippen LogP contribution in [0.25, 0.3) is 0 Å². The minimum absolute atomic E-state index is 0.0179. The van der Waals surface area contributed by atoms with Crippen molar-refractivity contribution in [1.29, 1.82) is 0 Å². The number of nitrogens with one attached hydrogen (secondary N) is 2. The van der Waals surface area contributed by atoms with Gasteiger partial charge in [0.1, 0.15) is 5.75 Å². The summed E-state index contributed by atoms with van der Waals surface area (Å²) >= 11 is 0. The molecule has 2 aromatic carbocycles. The quantitative estimate of drug-likeness (QED) is 0.886. The highest BCUT2D eigenvalue weighted by molar-refractivity contribution is 5.98. The highest BCUT2D eigenvalue weighted by atomic mass is 16.5. The van der Waals surface area contributed by atoms with E-state index >= 15 is 0 Å². The van der Waals surface area contributed by atoms with Crippen molar-refractivity contribution in [2.75, 3.05) is 23.9 Å². The van der Waals surface area contributed by atoms with Crippen LogP contribution < -0.4 is 20.3 Å². The fourth-order valence-corrected chi connectivity index (χ4v) is 3.18. The second kappa shape index (κ2) is 7.47. The zero-order valence-corrected chi connectivity index (χ0v) is 15.2. The molecule has 1 fully saturated rings. The van der Waals surface area contributed by atoms with Gasteiger partial charge in [0, 0.05) is 30.4 Å². The summed E-state index contributed by atoms with van der Waals surface area (Å²) in [6.45, 7) is 4.34. The van der Waals surface area contributed by atoms with E-state index in [9.17, 15) is 9.59 Å². The summed E-state index contributed by atoms with van der Waals surface area (Å²) in [7, 11) is 1.59. The minimum atomic E-state index is -0.298. The maximum Gasteiger partial charge on any atom is 0.319 e. The van der Waals surface area contributed by atoms with Gasteiger partial charge in [0.2, 0.25) is 5.91 Å². The van der Waals surface area contributed by atoms with Gasteiger partial charge in [0.25, 0.3) is 0 Å². The van der Waals surface area contributed by atoms with Gasteiger partial charge < -0.3 is 20.3 Å². The maximum atomic E-state index is 12.4. The van der Waals surface area contributed by atoms with Gasteiger partial charge in [-0.05, 0) is 37.1 Å². The molecule has 2 N–H and O–H groups in total. The van der Waals surface area contributed by atoms with E-state index < -0.39 is 0 Å². The lowest BCUT2D eigenvalue weighted by molar-refractivity contribution is -0.117. The van der Waals surface area contributed by atoms with E-state index in [0.29, 0.717) is 12.3 Å². The van der Waals surface area contributed by atoms with Crippen LogP contribution in [0.15, 0.2) is 42.5 Å². The summed E-state index contributed by atoms with van der Waals surface area (Å²) in [4.78, 5) is 26.4. The largest absolute Gasteiger partial charge is 0.497 e. The highest BCUT2D eigenvalue weighted by Gasteiger charge is 2.31. The van der Waals surface area contributed by atoms with Crippen LogP contribution in [0.1, 0.15) is 17.5 Å². The standard InChI is InChI=1S/C20H23N3O3/c1-13-6-4-7-14(2)19(13)22-20(25)21-15-10-18(24)23(12-15)16-8-5-9-17(11-16)26-3/h4-9,11,15H,10,12H2,1-3H3,(H2,21,22,25)/t15-/m0/s1. The zero-order chi connectivity index (χ0) is 18.7. The number of hydrogen-bond acceptors (Lipinski definition) is 3. The number of benzene rings is 2. The third kappa shape index (κ3) is 3.79. The number of carbonyl (C=O) groups excluding carboxylic acids is 2. The van der Waals surface area contributed by atoms with Crippen LogP contribution in [0.5, 0.6) is 5.75 Å². The summed E-state index contributed by atoms with van der Waals surface area (Å²) in [6, 6.07) is 12.7. The Labute approximate surface area is 153 Å². The van der Waals surface area contributed by atoms with Gasteiger partial charge in [0.15, 0.2) is 0 Å². The Morgan fingerprint density at radius 2 is 1.85 bits per heavy atom. The number of amides is 3. The minimum Gasteiger partial charge on any atom is -0.497 e. The molecule has 1 saturated heterocycles. The van der Waals surface area contributed by atoms with Crippen molar-refractivity contribution in [3.63, 3.8) is 0 Å². The first kappa shape index (κ1) is 17.8. The molecule has 0 radical (unpaired) electrons. The van der Waals surface area contributed by atoms with E-state index in [-0.39, 0.29) is 24.4 Å². The number of rotatable bonds is 4. The third-order valence-corrected chi connectivity index (χ3v) is 4.54. The van der Waals surface area contributed by atoms with Crippen LogP contribution in [-0.2, 0) is 4.79 Å². The van der Waals surface area contributed by atoms with Gasteiger partial charge in [-0.3, -0.25) is 4.79 Å². The van der Waals surface area contributed by atoms with E-state index in [1.54, 1.807) is 12.0 Å². The number of urea groups is 1. The van der Waals surface area contributed by atoms with Crippen LogP contribution in [0, 0.1) is 13.8 Å². The SMILES string of the molecule is COc1cccc(N2C[C@@H](NC(=O)Nc3c(C)cccc3C)CC2=O)c1. The summed E-state index contributed by atoms with van der Waals surface area (Å²) in [5.74, 6) is 0.676. The summed E-state index contributed by atoms with van der Waals surface area (Å²) in [5, 5.41) is 5.79. The monoisotopic (exact) mass is 353 g/mol. The van der Waals surface area contributed by atoms with Gasteiger partial charge in [-0.2, -0.15) is 0 Å². The molecule has 1 atom stereocenters. The van der Waals surface area contributed by atoms with Gasteiger partial charge >= 0.3 is 6.03 Å². The lowest BCUT2D eigenvalue weighted by Gasteiger charge is -2.18. The first-order chi connectivity index (χ1) is 12.5. The first-order valence-corrected chi connectivity index (χ1v) is 8.56. The Kier molecular flexibility index (Phi) is 5.11. The average molecular weight is 353 g/mol. The number of ether oxygens (including phenoxy) is 1. The number of anilines is 2. The maximum absolute atomic E-state index is 12.4. The number of hydrogen-bond donors (Lipinski definition) is 2. The molecule has 1 heterocycles. The Balaban J connectivity index is 1.64. The second-order valence-corrected chi connectivity index (χ2v) is 6.47. The van der Waals surface area contributed by atoms with Gasteiger partial charge in [-0.15, -0.1) is 0 Å². The van der Waals surface area contributed by atoms with Crippen molar-refractivity contribution < 1.29 is 14.3 Å². The van der Waals surface area contributed by atoms with Gasteiger partial charge in [-0.25, -0.2) is 4.79 Å². The molecule has 1 aliphatic heterocycles. The Morgan fingerprint density at radius 3 is 2.54 bits per heavy atom. The van der Waals surface area contributed by atoms with Crippen LogP contribution in [0.3, 0.4) is 0 Å². The van der Waals surface area contributed by atoms with E-state index in [0.717, 1.165) is 22.5 Å². The van der Waals surface area contributed by atoms with Crippen LogP contribution in [0.2, 0.25) is 0 Å². The second-order valence-electron chi connectivity index (χ2n) is 6.47. The summed E-state index contributed by atoms with van der Waals surface area (Å²) in [5.41, 5.74) is 3.58. The Morgan fingerprint density at radius 1 is 1.15 bits per heavy atom. The van der Waals surface area contributed by atoms with Crippen LogP contribution in [0.4, 0.5) is 16.2 Å². The van der Waals surface area contributed by atoms with E-state index in [1.165, 1.54) is 0 Å². The molecule has 0 aliphatic carbocycles. The van der Waals surface area contributed by atoms with E-state index in [4.69, 9.17) is 4.74 Å². The zero-order valence-electron chi connectivity index (χ0n) is 15.2. The summed E-state index contributed by atoms with van der Waals surface area (Å²) < 4.78 is 5.21. The fourth-order valence-electron chi connectivity index (χ4n) is 3.18. The molecule has 0 saturated carbocycles. The van der Waals surface area contributed by atoms with Crippen molar-refractivity contribution in [3.05, 3.63) is 53.6 Å². The topological polar surface area (TPSA) is 70.7 Å². The molecule has 0 bridgehead atoms. The molecule has 3 amide bonds. The fraction of sp³-hybridized carbons (Fsp3) is 0.300. The molecule has 136 valence electrons. The Bertz CT molecular complexity index is 815. The van der Waals surface area contributed by atoms with Crippen molar-refractivity contribution in [1.82, 2.24) is 5.32 Å². The number of para-hydroxylation sites is 1. The molecule has 26 heavy (non-hydrogen) atoms. The van der Waals surface area contributed by atoms with Gasteiger partial charge in [-0.1, -0.05) is 24.3 Å². The average Bonchev–Trinajstić information content (AvgIpc) is 2.98. The number of carbonyl (C=O) groups is 2. The number of methoxy groups -OCH3 is 1. The Hall–Kier alpha value is -3.02. The van der Waals surface area contributed by atoms with Crippen molar-refractivity contribution in [2.24, 2.45) is 0 Å². The predicted octanol–water partition coefficient (Wildman–Crippen LogP) is 3.24. The molecule has 0 spiro atoms. The molecular weight excluding hydrogens is 330 g/mol. The molecule has 6 nitrogen and oxygen atoms in total. The predicted molar refractivity (Wildman–Crippen MR) is 102 cm³/mol. The molecule has 0 unspecified atom stereocenters. The summed E-state index contributed by atoms with van der Waals surface area (Å²) in [6.07, 6.45) is 0.275. The molecular formula is C20H23N3O3. The highest BCUT2D eigenvalue weighted by Crippen LogP contribution is 2.25. The molecule has 6 heteroatoms. The lowest BCUT2D eigenvalue weighted by Crippen LogP contribution is -2.40. The van der Waals surface area contributed by atoms with E-state index in [1.807, 2.05) is 56.3 Å². The van der Waals surface area contributed by atoms with Crippen molar-refractivity contribution >= 4 is 23.3 Å². The van der Waals surface area contributed by atoms with Crippen molar-refractivity contribution in [3.8, 4) is 5.75 Å². The number of aryl methyl sites for hydroxylation is 2. The molecule has 3 rings (SSSR count). The van der Waals surface area contributed by atoms with Crippen LogP contribution >= 0.6 is 0 Å². The smallest absolute Gasteiger partial charge is 0.319 e. The number of nitrogens with zero attached hydrogens (tertiary/aromatic N) is 1. The molecule has 2 aromatic rings. The normalized spacial score (nSPS) is 16.5. The third-order valence-electron chi connectivity index (χ3n) is 4.54. The first-order valence-electron chi connectivity index (χ1n) is 8.56. The molecule has 1 aliphatic rings. The molecule has 0 aromatic heterocycles. The van der Waals surface area contributed by atoms with E-state index in [2.05, 4.69) is 10.6 Å². The van der Waals surface area contributed by atoms with Gasteiger partial charge in [0.05, 0.1) is 13.2 Å². The van der Waals surface area contributed by atoms with Crippen LogP contribution in [-0.4, -0.2) is 31.6 Å². The lowest BCUT2D eigenvalue weighted by atomic mass is 10.1. The van der Waals surface area contributed by atoms with Crippen molar-refractivity contribution in [2.45, 2.75) is 26.3 Å².